The summed E-state index contributed by atoms with van der Waals surface area (Å²) >= 11 is 0. The Morgan fingerprint density at radius 3 is 2.93 bits per heavy atom. The van der Waals surface area contributed by atoms with E-state index in [9.17, 15) is 14.9 Å². The summed E-state index contributed by atoms with van der Waals surface area (Å²) in [6, 6.07) is 0. The highest BCUT2D eigenvalue weighted by molar-refractivity contribution is 5.79. The highest BCUT2D eigenvalue weighted by Crippen LogP contribution is 2.35. The third-order valence-electron chi connectivity index (χ3n) is 2.43. The van der Waals surface area contributed by atoms with E-state index in [0.717, 1.165) is 12.6 Å². The summed E-state index contributed by atoms with van der Waals surface area (Å²) in [7, 11) is 0. The maximum atomic E-state index is 11.6. The molecular formula is C10H13NO4. The standard InChI is InChI=1S/C10H13NO4/c1-2-4-10(6-7-11(13)14)5-3-8-15-9(10)12/h2,6-7H,1,3-5,8H2/b7-6+/t10-/m0/s1. The summed E-state index contributed by atoms with van der Waals surface area (Å²) < 4.78 is 4.92. The molecule has 82 valence electrons. The van der Waals surface area contributed by atoms with Crippen molar-refractivity contribution in [1.82, 2.24) is 0 Å². The van der Waals surface area contributed by atoms with Gasteiger partial charge in [0.15, 0.2) is 0 Å². The van der Waals surface area contributed by atoms with E-state index in [1.165, 1.54) is 6.08 Å². The zero-order valence-corrected chi connectivity index (χ0v) is 8.35. The van der Waals surface area contributed by atoms with Gasteiger partial charge in [0.2, 0.25) is 6.20 Å². The second kappa shape index (κ2) is 4.72. The maximum absolute atomic E-state index is 11.6. The van der Waals surface area contributed by atoms with Gasteiger partial charge in [-0.2, -0.15) is 0 Å². The van der Waals surface area contributed by atoms with Crippen LogP contribution in [0.2, 0.25) is 0 Å². The molecule has 0 radical (unpaired) electrons. The molecule has 0 N–H and O–H groups in total. The smallest absolute Gasteiger partial charge is 0.316 e. The summed E-state index contributed by atoms with van der Waals surface area (Å²) in [6.07, 6.45) is 5.36. The van der Waals surface area contributed by atoms with Gasteiger partial charge >= 0.3 is 5.97 Å². The zero-order valence-electron chi connectivity index (χ0n) is 8.35. The molecule has 1 rings (SSSR count). The quantitative estimate of drug-likeness (QED) is 0.307. The number of hydrogen-bond acceptors (Lipinski definition) is 4. The van der Waals surface area contributed by atoms with Crippen molar-refractivity contribution in [3.05, 3.63) is 35.0 Å². The van der Waals surface area contributed by atoms with E-state index in [4.69, 9.17) is 4.74 Å². The van der Waals surface area contributed by atoms with Gasteiger partial charge in [-0.25, -0.2) is 0 Å². The Morgan fingerprint density at radius 2 is 2.40 bits per heavy atom. The van der Waals surface area contributed by atoms with Gasteiger partial charge in [-0.05, 0) is 19.3 Å². The fraction of sp³-hybridized carbons (Fsp3) is 0.500. The minimum atomic E-state index is -0.882. The molecule has 1 heterocycles. The number of esters is 1. The van der Waals surface area contributed by atoms with E-state index in [1.807, 2.05) is 0 Å². The van der Waals surface area contributed by atoms with Gasteiger partial charge in [0.1, 0.15) is 0 Å². The Hall–Kier alpha value is -1.65. The fourth-order valence-electron chi connectivity index (χ4n) is 1.66. The number of carbonyl (C=O) groups is 1. The van der Waals surface area contributed by atoms with Crippen LogP contribution >= 0.6 is 0 Å². The topological polar surface area (TPSA) is 69.4 Å². The van der Waals surface area contributed by atoms with Crippen LogP contribution in [-0.2, 0) is 9.53 Å². The normalized spacial score (nSPS) is 26.3. The van der Waals surface area contributed by atoms with Crippen molar-refractivity contribution in [2.45, 2.75) is 19.3 Å². The number of carbonyl (C=O) groups excluding carboxylic acids is 1. The lowest BCUT2D eigenvalue weighted by atomic mass is 9.79. The molecular weight excluding hydrogens is 198 g/mol. The maximum Gasteiger partial charge on any atom is 0.316 e. The van der Waals surface area contributed by atoms with E-state index in [-0.39, 0.29) is 0 Å². The molecule has 0 spiro atoms. The summed E-state index contributed by atoms with van der Waals surface area (Å²) in [4.78, 5) is 21.2. The summed E-state index contributed by atoms with van der Waals surface area (Å²) in [5, 5.41) is 10.2. The van der Waals surface area contributed by atoms with E-state index < -0.39 is 16.3 Å². The first-order valence-corrected chi connectivity index (χ1v) is 4.72. The molecule has 0 amide bonds. The van der Waals surface area contributed by atoms with Crippen molar-refractivity contribution in [2.75, 3.05) is 6.61 Å². The second-order valence-electron chi connectivity index (χ2n) is 3.49. The van der Waals surface area contributed by atoms with Crippen molar-refractivity contribution >= 4 is 5.97 Å². The zero-order chi connectivity index (χ0) is 11.3. The minimum Gasteiger partial charge on any atom is -0.465 e. The van der Waals surface area contributed by atoms with Gasteiger partial charge in [0, 0.05) is 6.08 Å². The summed E-state index contributed by atoms with van der Waals surface area (Å²) in [6.45, 7) is 3.94. The first-order chi connectivity index (χ1) is 7.10. The third-order valence-corrected chi connectivity index (χ3v) is 2.43. The molecule has 15 heavy (non-hydrogen) atoms. The Kier molecular flexibility index (Phi) is 3.60. The van der Waals surface area contributed by atoms with Crippen LogP contribution < -0.4 is 0 Å². The number of rotatable bonds is 4. The number of allylic oxidation sites excluding steroid dienone is 1. The average molecular weight is 211 g/mol. The molecule has 1 atom stereocenters. The lowest BCUT2D eigenvalue weighted by Crippen LogP contribution is -2.35. The van der Waals surface area contributed by atoms with Crippen LogP contribution in [0.4, 0.5) is 0 Å². The molecule has 0 aromatic heterocycles. The predicted octanol–water partition coefficient (Wildman–Crippen LogP) is 1.68. The predicted molar refractivity (Wildman–Crippen MR) is 53.6 cm³/mol. The Balaban J connectivity index is 2.89. The highest BCUT2D eigenvalue weighted by Gasteiger charge is 2.39. The molecule has 0 aromatic carbocycles. The Morgan fingerprint density at radius 1 is 1.67 bits per heavy atom. The van der Waals surface area contributed by atoms with Gasteiger partial charge < -0.3 is 4.74 Å². The van der Waals surface area contributed by atoms with Crippen LogP contribution in [0.5, 0.6) is 0 Å². The Bertz CT molecular complexity index is 311. The van der Waals surface area contributed by atoms with Crippen LogP contribution in [0.15, 0.2) is 24.9 Å². The van der Waals surface area contributed by atoms with Crippen LogP contribution in [0.1, 0.15) is 19.3 Å². The van der Waals surface area contributed by atoms with Crippen LogP contribution in [0.25, 0.3) is 0 Å². The van der Waals surface area contributed by atoms with Crippen molar-refractivity contribution in [2.24, 2.45) is 5.41 Å². The summed E-state index contributed by atoms with van der Waals surface area (Å²) in [5.74, 6) is -0.397. The van der Waals surface area contributed by atoms with Gasteiger partial charge in [-0.3, -0.25) is 14.9 Å². The van der Waals surface area contributed by atoms with E-state index in [1.54, 1.807) is 6.08 Å². The number of cyclic esters (lactones) is 1. The van der Waals surface area contributed by atoms with Crippen molar-refractivity contribution < 1.29 is 14.5 Å². The molecule has 1 aliphatic heterocycles. The molecule has 0 aromatic rings. The van der Waals surface area contributed by atoms with E-state index >= 15 is 0 Å². The number of ether oxygens (including phenoxy) is 1. The monoisotopic (exact) mass is 211 g/mol. The average Bonchev–Trinajstić information content (AvgIpc) is 2.20. The molecule has 0 aliphatic carbocycles. The van der Waals surface area contributed by atoms with Gasteiger partial charge in [0.05, 0.1) is 16.9 Å². The van der Waals surface area contributed by atoms with Crippen molar-refractivity contribution in [3.63, 3.8) is 0 Å². The van der Waals surface area contributed by atoms with Crippen molar-refractivity contribution in [3.8, 4) is 0 Å². The number of hydrogen-bond donors (Lipinski definition) is 0. The van der Waals surface area contributed by atoms with Crippen LogP contribution in [0, 0.1) is 15.5 Å². The largest absolute Gasteiger partial charge is 0.465 e. The molecule has 0 bridgehead atoms. The molecule has 5 heteroatoms. The second-order valence-corrected chi connectivity index (χ2v) is 3.49. The van der Waals surface area contributed by atoms with Crippen molar-refractivity contribution in [1.29, 1.82) is 0 Å². The van der Waals surface area contributed by atoms with Crippen LogP contribution in [-0.4, -0.2) is 17.5 Å². The highest BCUT2D eigenvalue weighted by atomic mass is 16.6. The van der Waals surface area contributed by atoms with Gasteiger partial charge in [0.25, 0.3) is 0 Å². The molecule has 5 nitrogen and oxygen atoms in total. The number of nitro groups is 1. The lowest BCUT2D eigenvalue weighted by molar-refractivity contribution is -0.403. The molecule has 1 fully saturated rings. The first-order valence-electron chi connectivity index (χ1n) is 4.72. The van der Waals surface area contributed by atoms with Gasteiger partial charge in [-0.1, -0.05) is 6.08 Å². The lowest BCUT2D eigenvalue weighted by Gasteiger charge is -2.30. The number of nitrogens with zero attached hydrogens (tertiary/aromatic N) is 1. The van der Waals surface area contributed by atoms with E-state index in [2.05, 4.69) is 6.58 Å². The first kappa shape index (κ1) is 11.4. The molecule has 1 saturated heterocycles. The van der Waals surface area contributed by atoms with E-state index in [0.29, 0.717) is 19.4 Å². The summed E-state index contributed by atoms with van der Waals surface area (Å²) in [5.41, 5.74) is -0.882. The fourth-order valence-corrected chi connectivity index (χ4v) is 1.66. The molecule has 0 unspecified atom stereocenters. The minimum absolute atomic E-state index is 0.371. The molecule has 0 saturated carbocycles. The third kappa shape index (κ3) is 2.65. The molecule has 1 aliphatic rings. The van der Waals surface area contributed by atoms with Crippen LogP contribution in [0.3, 0.4) is 0 Å². The Labute approximate surface area is 87.6 Å². The van der Waals surface area contributed by atoms with Gasteiger partial charge in [-0.15, -0.1) is 6.58 Å². The SMILES string of the molecule is C=CC[C@@]1(/C=C/[N+](=O)[O-])CCCOC1=O.